The van der Waals surface area contributed by atoms with Gasteiger partial charge in [0.1, 0.15) is 17.3 Å². The number of methoxy groups -OCH3 is 2. The summed E-state index contributed by atoms with van der Waals surface area (Å²) in [5, 5.41) is 5.64. The van der Waals surface area contributed by atoms with Crippen molar-refractivity contribution < 1.29 is 18.7 Å². The largest absolute Gasteiger partial charge is 0.497 e. The van der Waals surface area contributed by atoms with E-state index in [4.69, 9.17) is 9.47 Å². The summed E-state index contributed by atoms with van der Waals surface area (Å²) in [5.41, 5.74) is 1.03. The van der Waals surface area contributed by atoms with Crippen molar-refractivity contribution in [3.05, 3.63) is 53.8 Å². The minimum atomic E-state index is -0.296. The second-order valence-electron chi connectivity index (χ2n) is 4.81. The second kappa shape index (κ2) is 8.14. The van der Waals surface area contributed by atoms with Crippen LogP contribution in [0, 0.1) is 5.82 Å². The van der Waals surface area contributed by atoms with Gasteiger partial charge in [-0.25, -0.2) is 4.39 Å². The third-order valence-corrected chi connectivity index (χ3v) is 3.24. The lowest BCUT2D eigenvalue weighted by Crippen LogP contribution is -2.28. The third-order valence-electron chi connectivity index (χ3n) is 3.24. The van der Waals surface area contributed by atoms with E-state index in [0.717, 1.165) is 0 Å². The molecule has 2 aromatic carbocycles. The molecule has 0 spiro atoms. The van der Waals surface area contributed by atoms with E-state index in [1.165, 1.54) is 13.2 Å². The Balaban J connectivity index is 1.91. The zero-order valence-electron chi connectivity index (χ0n) is 13.1. The van der Waals surface area contributed by atoms with Crippen LogP contribution in [0.3, 0.4) is 0 Å². The molecule has 0 aliphatic heterocycles. The van der Waals surface area contributed by atoms with Crippen molar-refractivity contribution in [2.45, 2.75) is 6.54 Å². The molecule has 122 valence electrons. The van der Waals surface area contributed by atoms with Crippen LogP contribution in [0.25, 0.3) is 0 Å². The van der Waals surface area contributed by atoms with Crippen LogP contribution in [-0.2, 0) is 11.3 Å². The number of amides is 1. The molecule has 2 aromatic rings. The first-order chi connectivity index (χ1) is 11.1. The summed E-state index contributed by atoms with van der Waals surface area (Å²) in [6.07, 6.45) is 0. The maximum atomic E-state index is 13.5. The first-order valence-electron chi connectivity index (χ1n) is 7.10. The van der Waals surface area contributed by atoms with E-state index in [9.17, 15) is 9.18 Å². The predicted molar refractivity (Wildman–Crippen MR) is 86.3 cm³/mol. The van der Waals surface area contributed by atoms with E-state index in [2.05, 4.69) is 10.6 Å². The van der Waals surface area contributed by atoms with Crippen LogP contribution in [-0.4, -0.2) is 26.7 Å². The van der Waals surface area contributed by atoms with Gasteiger partial charge in [-0.1, -0.05) is 18.2 Å². The van der Waals surface area contributed by atoms with E-state index in [0.29, 0.717) is 22.7 Å². The molecule has 0 unspecified atom stereocenters. The number of benzene rings is 2. The van der Waals surface area contributed by atoms with Gasteiger partial charge in [0.15, 0.2) is 0 Å². The second-order valence-corrected chi connectivity index (χ2v) is 4.81. The quantitative estimate of drug-likeness (QED) is 0.824. The molecule has 0 bridgehead atoms. The van der Waals surface area contributed by atoms with Crippen LogP contribution in [0.5, 0.6) is 11.5 Å². The van der Waals surface area contributed by atoms with Crippen LogP contribution in [0.15, 0.2) is 42.5 Å². The number of carbonyl (C=O) groups excluding carboxylic acids is 1. The zero-order chi connectivity index (χ0) is 16.7. The average Bonchev–Trinajstić information content (AvgIpc) is 2.56. The lowest BCUT2D eigenvalue weighted by Gasteiger charge is -2.12. The number of rotatable bonds is 7. The van der Waals surface area contributed by atoms with Crippen molar-refractivity contribution >= 4 is 11.6 Å². The van der Waals surface area contributed by atoms with Gasteiger partial charge in [0.25, 0.3) is 0 Å². The number of anilines is 1. The Morgan fingerprint density at radius 3 is 2.61 bits per heavy atom. The van der Waals surface area contributed by atoms with Crippen molar-refractivity contribution in [2.24, 2.45) is 0 Å². The normalized spacial score (nSPS) is 10.2. The molecule has 0 aliphatic rings. The summed E-state index contributed by atoms with van der Waals surface area (Å²) in [6, 6.07) is 11.6. The maximum absolute atomic E-state index is 13.5. The minimum absolute atomic E-state index is 0.0503. The molecule has 0 aromatic heterocycles. The van der Waals surface area contributed by atoms with E-state index < -0.39 is 0 Å². The standard InChI is InChI=1S/C17H19FN2O3/c1-22-13-7-8-16(23-2)15(9-13)20-17(21)11-19-10-12-5-3-4-6-14(12)18/h3-9,19H,10-11H2,1-2H3,(H,20,21). The van der Waals surface area contributed by atoms with Gasteiger partial charge in [-0.3, -0.25) is 4.79 Å². The SMILES string of the molecule is COc1ccc(OC)c(NC(=O)CNCc2ccccc2F)c1. The van der Waals surface area contributed by atoms with Gasteiger partial charge in [0.2, 0.25) is 5.91 Å². The fourth-order valence-electron chi connectivity index (χ4n) is 2.06. The van der Waals surface area contributed by atoms with Crippen LogP contribution in [0.2, 0.25) is 0 Å². The average molecular weight is 318 g/mol. The minimum Gasteiger partial charge on any atom is -0.497 e. The van der Waals surface area contributed by atoms with Gasteiger partial charge in [0, 0.05) is 18.2 Å². The predicted octanol–water partition coefficient (Wildman–Crippen LogP) is 2.57. The Morgan fingerprint density at radius 2 is 1.91 bits per heavy atom. The summed E-state index contributed by atoms with van der Waals surface area (Å²) >= 11 is 0. The molecule has 0 heterocycles. The lowest BCUT2D eigenvalue weighted by atomic mass is 10.2. The number of hydrogen-bond acceptors (Lipinski definition) is 4. The molecule has 5 nitrogen and oxygen atoms in total. The lowest BCUT2D eigenvalue weighted by molar-refractivity contribution is -0.115. The number of carbonyl (C=O) groups is 1. The van der Waals surface area contributed by atoms with Gasteiger partial charge in [-0.15, -0.1) is 0 Å². The topological polar surface area (TPSA) is 59.6 Å². The smallest absolute Gasteiger partial charge is 0.238 e. The maximum Gasteiger partial charge on any atom is 0.238 e. The molecule has 0 aliphatic carbocycles. The Bertz CT molecular complexity index is 677. The summed E-state index contributed by atoms with van der Waals surface area (Å²) in [7, 11) is 3.07. The van der Waals surface area contributed by atoms with Gasteiger partial charge >= 0.3 is 0 Å². The Kier molecular flexibility index (Phi) is 5.94. The molecule has 0 saturated carbocycles. The molecule has 2 rings (SSSR count). The van der Waals surface area contributed by atoms with Crippen molar-refractivity contribution in [2.75, 3.05) is 26.1 Å². The molecule has 1 amide bonds. The molecule has 2 N–H and O–H groups in total. The first kappa shape index (κ1) is 16.8. The molecule has 0 fully saturated rings. The van der Waals surface area contributed by atoms with Crippen LogP contribution in [0.4, 0.5) is 10.1 Å². The number of halogens is 1. The van der Waals surface area contributed by atoms with Crippen LogP contribution in [0.1, 0.15) is 5.56 Å². The van der Waals surface area contributed by atoms with Crippen molar-refractivity contribution in [1.29, 1.82) is 0 Å². The molecule has 0 saturated heterocycles. The third kappa shape index (κ3) is 4.69. The number of ether oxygens (including phenoxy) is 2. The van der Waals surface area contributed by atoms with Gasteiger partial charge < -0.3 is 20.1 Å². The fourth-order valence-corrected chi connectivity index (χ4v) is 2.06. The molecular formula is C17H19FN2O3. The molecular weight excluding hydrogens is 299 g/mol. The summed E-state index contributed by atoms with van der Waals surface area (Å²) in [5.74, 6) is 0.594. The van der Waals surface area contributed by atoms with Gasteiger partial charge in [-0.05, 0) is 18.2 Å². The molecule has 0 atom stereocenters. The van der Waals surface area contributed by atoms with E-state index in [1.54, 1.807) is 43.5 Å². The highest BCUT2D eigenvalue weighted by Crippen LogP contribution is 2.28. The Morgan fingerprint density at radius 1 is 1.13 bits per heavy atom. The van der Waals surface area contributed by atoms with E-state index in [1.807, 2.05) is 0 Å². The zero-order valence-corrected chi connectivity index (χ0v) is 13.1. The van der Waals surface area contributed by atoms with Crippen molar-refractivity contribution in [3.63, 3.8) is 0 Å². The van der Waals surface area contributed by atoms with Gasteiger partial charge in [-0.2, -0.15) is 0 Å². The van der Waals surface area contributed by atoms with E-state index >= 15 is 0 Å². The van der Waals surface area contributed by atoms with Crippen molar-refractivity contribution in [3.8, 4) is 11.5 Å². The fraction of sp³-hybridized carbons (Fsp3) is 0.235. The summed E-state index contributed by atoms with van der Waals surface area (Å²) < 4.78 is 23.8. The molecule has 6 heteroatoms. The monoisotopic (exact) mass is 318 g/mol. The first-order valence-corrected chi connectivity index (χ1v) is 7.10. The summed E-state index contributed by atoms with van der Waals surface area (Å²) in [6.45, 7) is 0.323. The number of nitrogens with one attached hydrogen (secondary N) is 2. The Labute approximate surface area is 134 Å². The van der Waals surface area contributed by atoms with Crippen LogP contribution >= 0.6 is 0 Å². The highest BCUT2D eigenvalue weighted by molar-refractivity contribution is 5.93. The van der Waals surface area contributed by atoms with Crippen LogP contribution < -0.4 is 20.1 Å². The van der Waals surface area contributed by atoms with Gasteiger partial charge in [0.05, 0.1) is 26.5 Å². The highest BCUT2D eigenvalue weighted by atomic mass is 19.1. The summed E-state index contributed by atoms with van der Waals surface area (Å²) in [4.78, 5) is 12.0. The molecule has 23 heavy (non-hydrogen) atoms. The molecule has 0 radical (unpaired) electrons. The Hall–Kier alpha value is -2.60. The van der Waals surface area contributed by atoms with E-state index in [-0.39, 0.29) is 24.8 Å². The van der Waals surface area contributed by atoms with Crippen molar-refractivity contribution in [1.82, 2.24) is 5.32 Å². The number of hydrogen-bond donors (Lipinski definition) is 2. The highest BCUT2D eigenvalue weighted by Gasteiger charge is 2.09.